The number of nitrogens with zero attached hydrogens (tertiary/aromatic N) is 2. The molecule has 7 nitrogen and oxygen atoms in total. The van der Waals surface area contributed by atoms with Gasteiger partial charge in [0.2, 0.25) is 0 Å². The van der Waals surface area contributed by atoms with E-state index in [1.54, 1.807) is 36.7 Å². The molecular weight excluding hydrogens is 322 g/mol. The third-order valence-electron chi connectivity index (χ3n) is 4.09. The molecule has 1 aromatic carbocycles. The Kier molecular flexibility index (Phi) is 5.13. The van der Waals surface area contributed by atoms with Gasteiger partial charge in [0.15, 0.2) is 0 Å². The molecule has 1 aliphatic heterocycles. The summed E-state index contributed by atoms with van der Waals surface area (Å²) in [5, 5.41) is 11.8. The summed E-state index contributed by atoms with van der Waals surface area (Å²) in [5.74, 6) is -0.636. The van der Waals surface area contributed by atoms with Crippen molar-refractivity contribution >= 4 is 17.7 Å². The number of carboxylic acid groups (broad SMARTS) is 1. The Balaban J connectivity index is 1.50. The van der Waals surface area contributed by atoms with E-state index in [9.17, 15) is 9.59 Å². The number of carboxylic acids is 1. The predicted molar refractivity (Wildman–Crippen MR) is 91.3 cm³/mol. The van der Waals surface area contributed by atoms with Gasteiger partial charge < -0.3 is 20.1 Å². The molecule has 0 aliphatic carbocycles. The first-order valence-electron chi connectivity index (χ1n) is 8.02. The number of anilines is 1. The first kappa shape index (κ1) is 16.8. The molecule has 1 atom stereocenters. The third-order valence-corrected chi connectivity index (χ3v) is 4.09. The monoisotopic (exact) mass is 341 g/mol. The van der Waals surface area contributed by atoms with Crippen molar-refractivity contribution in [2.24, 2.45) is 5.92 Å². The van der Waals surface area contributed by atoms with Gasteiger partial charge in [-0.1, -0.05) is 0 Å². The quantitative estimate of drug-likeness (QED) is 0.872. The molecule has 1 unspecified atom stereocenters. The summed E-state index contributed by atoms with van der Waals surface area (Å²) in [5.41, 5.74) is 1.66. The van der Waals surface area contributed by atoms with Crippen LogP contribution in [0.1, 0.15) is 12.0 Å². The van der Waals surface area contributed by atoms with E-state index in [2.05, 4.69) is 10.3 Å². The average molecular weight is 341 g/mol. The fourth-order valence-corrected chi connectivity index (χ4v) is 2.63. The van der Waals surface area contributed by atoms with Crippen LogP contribution in [-0.2, 0) is 11.4 Å². The number of hydrogen-bond donors (Lipinski definition) is 2. The normalized spacial score (nSPS) is 16.5. The standard InChI is InChI=1S/C18H19N3O4/c22-17(23)14-7-10-21(11-14)18(24)20-15-1-3-16(4-2-15)25-12-13-5-8-19-9-6-13/h1-6,8-9,14H,7,10-12H2,(H,20,24)(H,22,23). The molecule has 2 amide bonds. The Morgan fingerprint density at radius 1 is 1.20 bits per heavy atom. The topological polar surface area (TPSA) is 91.8 Å². The zero-order chi connectivity index (χ0) is 17.6. The summed E-state index contributed by atoms with van der Waals surface area (Å²) in [7, 11) is 0. The van der Waals surface area contributed by atoms with Crippen LogP contribution >= 0.6 is 0 Å². The van der Waals surface area contributed by atoms with Crippen LogP contribution in [0.3, 0.4) is 0 Å². The molecular formula is C18H19N3O4. The van der Waals surface area contributed by atoms with Crippen LogP contribution in [0, 0.1) is 5.92 Å². The lowest BCUT2D eigenvalue weighted by atomic mass is 10.1. The largest absolute Gasteiger partial charge is 0.489 e. The van der Waals surface area contributed by atoms with Crippen molar-refractivity contribution in [1.82, 2.24) is 9.88 Å². The predicted octanol–water partition coefficient (Wildman–Crippen LogP) is 2.60. The fourth-order valence-electron chi connectivity index (χ4n) is 2.63. The van der Waals surface area contributed by atoms with E-state index in [0.29, 0.717) is 31.0 Å². The molecule has 1 saturated heterocycles. The van der Waals surface area contributed by atoms with Gasteiger partial charge in [-0.3, -0.25) is 9.78 Å². The highest BCUT2D eigenvalue weighted by molar-refractivity contribution is 5.90. The second-order valence-electron chi connectivity index (χ2n) is 5.87. The van der Waals surface area contributed by atoms with Crippen molar-refractivity contribution in [1.29, 1.82) is 0 Å². The van der Waals surface area contributed by atoms with Crippen LogP contribution in [0.4, 0.5) is 10.5 Å². The Labute approximate surface area is 145 Å². The van der Waals surface area contributed by atoms with E-state index in [0.717, 1.165) is 5.56 Å². The molecule has 0 spiro atoms. The molecule has 2 heterocycles. The molecule has 1 fully saturated rings. The zero-order valence-corrected chi connectivity index (χ0v) is 13.6. The highest BCUT2D eigenvalue weighted by Crippen LogP contribution is 2.20. The maximum atomic E-state index is 12.2. The van der Waals surface area contributed by atoms with Crippen molar-refractivity contribution in [3.63, 3.8) is 0 Å². The lowest BCUT2D eigenvalue weighted by Gasteiger charge is -2.17. The zero-order valence-electron chi connectivity index (χ0n) is 13.6. The molecule has 0 saturated carbocycles. The summed E-state index contributed by atoms with van der Waals surface area (Å²) in [6.45, 7) is 1.14. The summed E-state index contributed by atoms with van der Waals surface area (Å²) in [6, 6.07) is 10.6. The van der Waals surface area contributed by atoms with E-state index < -0.39 is 11.9 Å². The molecule has 25 heavy (non-hydrogen) atoms. The van der Waals surface area contributed by atoms with Crippen LogP contribution in [0.15, 0.2) is 48.8 Å². The fraction of sp³-hybridized carbons (Fsp3) is 0.278. The van der Waals surface area contributed by atoms with Crippen molar-refractivity contribution in [2.45, 2.75) is 13.0 Å². The van der Waals surface area contributed by atoms with Crippen LogP contribution in [0.25, 0.3) is 0 Å². The van der Waals surface area contributed by atoms with Gasteiger partial charge in [0, 0.05) is 31.2 Å². The van der Waals surface area contributed by atoms with Crippen molar-refractivity contribution in [2.75, 3.05) is 18.4 Å². The number of urea groups is 1. The highest BCUT2D eigenvalue weighted by atomic mass is 16.5. The smallest absolute Gasteiger partial charge is 0.321 e. The van der Waals surface area contributed by atoms with Crippen LogP contribution in [0.5, 0.6) is 5.75 Å². The minimum absolute atomic E-state index is 0.244. The van der Waals surface area contributed by atoms with Gasteiger partial charge in [-0.05, 0) is 48.4 Å². The molecule has 2 N–H and O–H groups in total. The Morgan fingerprint density at radius 3 is 2.56 bits per heavy atom. The van der Waals surface area contributed by atoms with Gasteiger partial charge in [0.1, 0.15) is 12.4 Å². The number of benzene rings is 1. The first-order valence-corrected chi connectivity index (χ1v) is 8.02. The van der Waals surface area contributed by atoms with E-state index in [1.807, 2.05) is 12.1 Å². The SMILES string of the molecule is O=C(O)C1CCN(C(=O)Nc2ccc(OCc3ccncc3)cc2)C1. The van der Waals surface area contributed by atoms with Gasteiger partial charge in [-0.25, -0.2) is 4.79 Å². The number of carbonyl (C=O) groups is 2. The van der Waals surface area contributed by atoms with Gasteiger partial charge >= 0.3 is 12.0 Å². The number of rotatable bonds is 5. The Morgan fingerprint density at radius 2 is 1.92 bits per heavy atom. The van der Waals surface area contributed by atoms with Gasteiger partial charge in [0.25, 0.3) is 0 Å². The first-order chi connectivity index (χ1) is 12.1. The van der Waals surface area contributed by atoms with E-state index in [1.165, 1.54) is 4.90 Å². The second-order valence-corrected chi connectivity index (χ2v) is 5.87. The number of ether oxygens (including phenoxy) is 1. The van der Waals surface area contributed by atoms with E-state index in [-0.39, 0.29) is 12.6 Å². The summed E-state index contributed by atoms with van der Waals surface area (Å²) in [6.07, 6.45) is 3.92. The number of amides is 2. The molecule has 0 bridgehead atoms. The summed E-state index contributed by atoms with van der Waals surface area (Å²) >= 11 is 0. The molecule has 3 rings (SSSR count). The maximum Gasteiger partial charge on any atom is 0.321 e. The number of aliphatic carboxylic acids is 1. The van der Waals surface area contributed by atoms with Crippen LogP contribution in [-0.4, -0.2) is 40.1 Å². The molecule has 2 aromatic rings. The average Bonchev–Trinajstić information content (AvgIpc) is 3.13. The number of nitrogens with one attached hydrogen (secondary N) is 1. The molecule has 7 heteroatoms. The number of aromatic nitrogens is 1. The van der Waals surface area contributed by atoms with E-state index in [4.69, 9.17) is 9.84 Å². The molecule has 0 radical (unpaired) electrons. The number of carbonyl (C=O) groups excluding carboxylic acids is 1. The third kappa shape index (κ3) is 4.47. The van der Waals surface area contributed by atoms with Crippen molar-refractivity contribution in [3.8, 4) is 5.75 Å². The van der Waals surface area contributed by atoms with Crippen molar-refractivity contribution in [3.05, 3.63) is 54.4 Å². The lowest BCUT2D eigenvalue weighted by Crippen LogP contribution is -2.33. The highest BCUT2D eigenvalue weighted by Gasteiger charge is 2.30. The van der Waals surface area contributed by atoms with Gasteiger partial charge in [-0.2, -0.15) is 0 Å². The minimum atomic E-state index is -0.856. The summed E-state index contributed by atoms with van der Waals surface area (Å²) in [4.78, 5) is 28.6. The van der Waals surface area contributed by atoms with Crippen molar-refractivity contribution < 1.29 is 19.4 Å². The van der Waals surface area contributed by atoms with Gasteiger partial charge in [-0.15, -0.1) is 0 Å². The maximum absolute atomic E-state index is 12.2. The van der Waals surface area contributed by atoms with Gasteiger partial charge in [0.05, 0.1) is 5.92 Å². The van der Waals surface area contributed by atoms with E-state index >= 15 is 0 Å². The number of hydrogen-bond acceptors (Lipinski definition) is 4. The molecule has 1 aliphatic rings. The van der Waals surface area contributed by atoms with Crippen LogP contribution < -0.4 is 10.1 Å². The van der Waals surface area contributed by atoms with Crippen LogP contribution in [0.2, 0.25) is 0 Å². The second kappa shape index (κ2) is 7.65. The number of likely N-dealkylation sites (tertiary alicyclic amines) is 1. The lowest BCUT2D eigenvalue weighted by molar-refractivity contribution is -0.141. The Hall–Kier alpha value is -3.09. The summed E-state index contributed by atoms with van der Waals surface area (Å²) < 4.78 is 5.68. The molecule has 130 valence electrons. The number of pyridine rings is 1. The Bertz CT molecular complexity index is 734. The molecule has 1 aromatic heterocycles. The minimum Gasteiger partial charge on any atom is -0.489 e.